The summed E-state index contributed by atoms with van der Waals surface area (Å²) in [6.07, 6.45) is 7.41. The third-order valence-electron chi connectivity index (χ3n) is 8.28. The summed E-state index contributed by atoms with van der Waals surface area (Å²) in [7, 11) is 0. The van der Waals surface area contributed by atoms with Gasteiger partial charge in [-0.25, -0.2) is 19.2 Å². The SMILES string of the molecule is CC(C)(C)OC(=O)NN1[C@@H]2CC[C@H]1CN(c1nc(OCC34CCCN3CCC4)nc3c(F)c(Cl)ncc13)C2. The monoisotopic (exact) mass is 547 g/mol. The smallest absolute Gasteiger partial charge is 0.422 e. The number of hydrogen-bond donors (Lipinski definition) is 1. The summed E-state index contributed by atoms with van der Waals surface area (Å²) in [6, 6.07) is 0.277. The first-order valence-corrected chi connectivity index (χ1v) is 13.9. The molecular formula is C26H35ClFN7O3. The molecule has 10 nitrogen and oxygen atoms in total. The van der Waals surface area contributed by atoms with Gasteiger partial charge >= 0.3 is 12.1 Å². The summed E-state index contributed by atoms with van der Waals surface area (Å²) in [4.78, 5) is 30.4. The molecule has 2 aromatic heterocycles. The number of amides is 1. The van der Waals surface area contributed by atoms with E-state index in [0.29, 0.717) is 30.9 Å². The standard InChI is InChI=1S/C26H35ClFN7O3/c1-25(2,3)38-24(36)32-35-16-6-7-17(35)14-33(13-16)22-18-12-29-21(27)19(28)20(18)30-23(31-22)37-15-26-8-4-10-34(26)11-5-9-26/h12,16-17H,4-11,13-15H2,1-3H3,(H,32,36)/t16-,17+. The van der Waals surface area contributed by atoms with Crippen molar-refractivity contribution in [3.63, 3.8) is 0 Å². The van der Waals surface area contributed by atoms with Crippen LogP contribution in [0.2, 0.25) is 5.15 Å². The van der Waals surface area contributed by atoms with Crippen LogP contribution in [0.3, 0.4) is 0 Å². The average molecular weight is 548 g/mol. The van der Waals surface area contributed by atoms with Gasteiger partial charge in [-0.3, -0.25) is 10.3 Å². The predicted molar refractivity (Wildman–Crippen MR) is 141 cm³/mol. The number of hydrogen-bond acceptors (Lipinski definition) is 9. The lowest BCUT2D eigenvalue weighted by molar-refractivity contribution is 0.0196. The molecule has 0 radical (unpaired) electrons. The molecule has 4 fully saturated rings. The Hall–Kier alpha value is -2.50. The summed E-state index contributed by atoms with van der Waals surface area (Å²) in [5.74, 6) is -0.0959. The fourth-order valence-electron chi connectivity index (χ4n) is 6.63. The van der Waals surface area contributed by atoms with Gasteiger partial charge in [0.25, 0.3) is 0 Å². The third-order valence-corrected chi connectivity index (χ3v) is 8.55. The Morgan fingerprint density at radius 3 is 2.53 bits per heavy atom. The lowest BCUT2D eigenvalue weighted by atomic mass is 9.95. The van der Waals surface area contributed by atoms with Crippen molar-refractivity contribution in [2.75, 3.05) is 37.7 Å². The maximum absolute atomic E-state index is 15.2. The highest BCUT2D eigenvalue weighted by Crippen LogP contribution is 2.40. The number of nitrogens with one attached hydrogen (secondary N) is 1. The van der Waals surface area contributed by atoms with Crippen LogP contribution >= 0.6 is 11.6 Å². The molecule has 4 aliphatic rings. The number of ether oxygens (including phenoxy) is 2. The van der Waals surface area contributed by atoms with Crippen LogP contribution in [-0.4, -0.2) is 87.0 Å². The summed E-state index contributed by atoms with van der Waals surface area (Å²) < 4.78 is 26.8. The van der Waals surface area contributed by atoms with E-state index in [-0.39, 0.29) is 34.3 Å². The van der Waals surface area contributed by atoms with E-state index in [4.69, 9.17) is 26.1 Å². The van der Waals surface area contributed by atoms with Gasteiger partial charge in [-0.05, 0) is 72.4 Å². The average Bonchev–Trinajstić information content (AvgIpc) is 3.49. The van der Waals surface area contributed by atoms with Gasteiger partial charge < -0.3 is 14.4 Å². The van der Waals surface area contributed by atoms with Gasteiger partial charge in [0, 0.05) is 31.4 Å². The minimum atomic E-state index is -0.674. The van der Waals surface area contributed by atoms with Gasteiger partial charge in [-0.15, -0.1) is 0 Å². The predicted octanol–water partition coefficient (Wildman–Crippen LogP) is 3.92. The summed E-state index contributed by atoms with van der Waals surface area (Å²) in [5, 5.41) is 2.26. The summed E-state index contributed by atoms with van der Waals surface area (Å²) >= 11 is 6.03. The zero-order valence-corrected chi connectivity index (χ0v) is 22.9. The van der Waals surface area contributed by atoms with E-state index in [0.717, 1.165) is 51.6 Å². The lowest BCUT2D eigenvalue weighted by Crippen LogP contribution is -2.60. The Morgan fingerprint density at radius 1 is 1.18 bits per heavy atom. The number of piperazine rings is 1. The molecule has 0 unspecified atom stereocenters. The number of rotatable bonds is 5. The number of anilines is 1. The second kappa shape index (κ2) is 9.60. The zero-order valence-electron chi connectivity index (χ0n) is 22.2. The van der Waals surface area contributed by atoms with Crippen molar-refractivity contribution < 1.29 is 18.7 Å². The largest absolute Gasteiger partial charge is 0.461 e. The summed E-state index contributed by atoms with van der Waals surface area (Å²) in [6.45, 7) is 9.39. The number of halogens is 2. The molecule has 4 saturated heterocycles. The second-order valence-electron chi connectivity index (χ2n) is 12.0. The van der Waals surface area contributed by atoms with Gasteiger partial charge in [0.15, 0.2) is 11.0 Å². The Balaban J connectivity index is 1.26. The van der Waals surface area contributed by atoms with Crippen molar-refractivity contribution in [1.82, 2.24) is 30.3 Å². The normalized spacial score (nSPS) is 25.1. The highest BCUT2D eigenvalue weighted by Gasteiger charge is 2.45. The zero-order chi connectivity index (χ0) is 26.7. The number of pyridine rings is 1. The first kappa shape index (κ1) is 25.8. The number of carbonyl (C=O) groups is 1. The molecule has 38 heavy (non-hydrogen) atoms. The van der Waals surface area contributed by atoms with Gasteiger partial charge in [0.05, 0.1) is 10.9 Å². The Kier molecular flexibility index (Phi) is 6.51. The molecule has 1 amide bonds. The molecule has 6 heterocycles. The fraction of sp³-hybridized carbons (Fsp3) is 0.692. The number of hydrazine groups is 1. The molecule has 2 atom stereocenters. The van der Waals surface area contributed by atoms with Crippen LogP contribution in [0.25, 0.3) is 10.9 Å². The molecule has 0 saturated carbocycles. The van der Waals surface area contributed by atoms with Crippen LogP contribution in [0, 0.1) is 5.82 Å². The van der Waals surface area contributed by atoms with E-state index in [1.165, 1.54) is 6.20 Å². The molecule has 0 aliphatic carbocycles. The topological polar surface area (TPSA) is 96.0 Å². The number of aromatic nitrogens is 3. The van der Waals surface area contributed by atoms with Crippen LogP contribution in [-0.2, 0) is 4.74 Å². The molecule has 206 valence electrons. The second-order valence-corrected chi connectivity index (χ2v) is 12.3. The Bertz CT molecular complexity index is 1220. The molecule has 0 aromatic carbocycles. The van der Waals surface area contributed by atoms with E-state index in [1.807, 2.05) is 25.8 Å². The molecule has 4 aliphatic heterocycles. The van der Waals surface area contributed by atoms with E-state index in [1.54, 1.807) is 0 Å². The van der Waals surface area contributed by atoms with Crippen LogP contribution in [0.4, 0.5) is 15.0 Å². The maximum atomic E-state index is 15.2. The van der Waals surface area contributed by atoms with Gasteiger partial charge in [0.1, 0.15) is 23.5 Å². The Morgan fingerprint density at radius 2 is 1.87 bits per heavy atom. The van der Waals surface area contributed by atoms with Gasteiger partial charge in [-0.1, -0.05) is 11.6 Å². The van der Waals surface area contributed by atoms with Gasteiger partial charge in [-0.2, -0.15) is 9.97 Å². The van der Waals surface area contributed by atoms with Crippen molar-refractivity contribution in [3.8, 4) is 6.01 Å². The Labute approximate surface area is 226 Å². The van der Waals surface area contributed by atoms with E-state index >= 15 is 4.39 Å². The molecule has 6 rings (SSSR count). The lowest BCUT2D eigenvalue weighted by Gasteiger charge is -2.41. The number of fused-ring (bicyclic) bond motifs is 4. The molecule has 2 aromatic rings. The first-order valence-electron chi connectivity index (χ1n) is 13.5. The number of carbonyl (C=O) groups excluding carboxylic acids is 1. The maximum Gasteiger partial charge on any atom is 0.422 e. The minimum Gasteiger partial charge on any atom is -0.461 e. The van der Waals surface area contributed by atoms with Crippen molar-refractivity contribution in [1.29, 1.82) is 0 Å². The molecule has 2 bridgehead atoms. The van der Waals surface area contributed by atoms with Crippen molar-refractivity contribution >= 4 is 34.4 Å². The fourth-order valence-corrected chi connectivity index (χ4v) is 6.77. The number of nitrogens with zero attached hydrogens (tertiary/aromatic N) is 6. The highest BCUT2D eigenvalue weighted by molar-refractivity contribution is 6.30. The van der Waals surface area contributed by atoms with Crippen LogP contribution in [0.5, 0.6) is 6.01 Å². The molecule has 12 heteroatoms. The van der Waals surface area contributed by atoms with Crippen molar-refractivity contribution in [2.45, 2.75) is 82.5 Å². The quantitative estimate of drug-likeness (QED) is 0.559. The van der Waals surface area contributed by atoms with Crippen LogP contribution in [0.1, 0.15) is 59.3 Å². The molecule has 0 spiro atoms. The molecular weight excluding hydrogens is 513 g/mol. The first-order chi connectivity index (χ1) is 18.1. The highest BCUT2D eigenvalue weighted by atomic mass is 35.5. The van der Waals surface area contributed by atoms with Crippen molar-refractivity contribution in [2.24, 2.45) is 0 Å². The van der Waals surface area contributed by atoms with Gasteiger partial charge in [0.2, 0.25) is 0 Å². The van der Waals surface area contributed by atoms with E-state index in [2.05, 4.69) is 25.2 Å². The van der Waals surface area contributed by atoms with E-state index < -0.39 is 17.5 Å². The van der Waals surface area contributed by atoms with Crippen LogP contribution in [0.15, 0.2) is 6.20 Å². The summed E-state index contributed by atoms with van der Waals surface area (Å²) in [5.41, 5.74) is 2.49. The van der Waals surface area contributed by atoms with Crippen molar-refractivity contribution in [3.05, 3.63) is 17.2 Å². The van der Waals surface area contributed by atoms with E-state index in [9.17, 15) is 4.79 Å². The molecule has 1 N–H and O–H groups in total. The third kappa shape index (κ3) is 4.73. The minimum absolute atomic E-state index is 0.0188. The van der Waals surface area contributed by atoms with Crippen LogP contribution < -0.4 is 15.1 Å².